The Morgan fingerprint density at radius 1 is 1.10 bits per heavy atom. The number of methoxy groups -OCH3 is 1. The van der Waals surface area contributed by atoms with E-state index in [9.17, 15) is 17.6 Å². The Morgan fingerprint density at radius 3 is 2.68 bits per heavy atom. The van der Waals surface area contributed by atoms with Gasteiger partial charge < -0.3 is 15.0 Å². The zero-order valence-corrected chi connectivity index (χ0v) is 16.3. The molecule has 0 aliphatic carbocycles. The summed E-state index contributed by atoms with van der Waals surface area (Å²) < 4.78 is 59.0. The Morgan fingerprint density at radius 2 is 1.94 bits per heavy atom. The van der Waals surface area contributed by atoms with Crippen LogP contribution in [0.4, 0.5) is 23.4 Å². The van der Waals surface area contributed by atoms with Crippen LogP contribution in [0.25, 0.3) is 11.0 Å². The average Bonchev–Trinajstić information content (AvgIpc) is 3.15. The number of pyridine rings is 3. The van der Waals surface area contributed by atoms with Crippen molar-refractivity contribution in [3.8, 4) is 5.75 Å². The summed E-state index contributed by atoms with van der Waals surface area (Å²) >= 11 is 0. The highest BCUT2D eigenvalue weighted by molar-refractivity contribution is 5.81. The number of ether oxygens (including phenoxy) is 1. The second kappa shape index (κ2) is 8.21. The second-order valence-electron chi connectivity index (χ2n) is 6.79. The molecule has 4 aromatic heterocycles. The molecule has 4 aromatic rings. The first-order chi connectivity index (χ1) is 14.8. The molecule has 0 spiro atoms. The summed E-state index contributed by atoms with van der Waals surface area (Å²) in [6, 6.07) is 5.78. The van der Waals surface area contributed by atoms with Gasteiger partial charge in [0.05, 0.1) is 18.9 Å². The van der Waals surface area contributed by atoms with E-state index in [4.69, 9.17) is 4.74 Å². The summed E-state index contributed by atoms with van der Waals surface area (Å²) in [5, 5.41) is 3.52. The summed E-state index contributed by atoms with van der Waals surface area (Å²) in [6.45, 7) is -0.192. The Balaban J connectivity index is 1.51. The average molecular weight is 431 g/mol. The number of hydrogen-bond donors (Lipinski definition) is 2. The predicted molar refractivity (Wildman–Crippen MR) is 106 cm³/mol. The number of nitrogens with one attached hydrogen (secondary N) is 2. The highest BCUT2D eigenvalue weighted by Crippen LogP contribution is 2.31. The van der Waals surface area contributed by atoms with Gasteiger partial charge >= 0.3 is 6.18 Å². The molecule has 0 aliphatic heterocycles. The molecule has 6 nitrogen and oxygen atoms in total. The first-order valence-electron chi connectivity index (χ1n) is 9.24. The first-order valence-corrected chi connectivity index (χ1v) is 9.24. The molecule has 0 aliphatic rings. The number of aromatic nitrogens is 4. The van der Waals surface area contributed by atoms with Crippen LogP contribution < -0.4 is 10.1 Å². The minimum absolute atomic E-state index is 0.0541. The fraction of sp³-hybridized carbons (Fsp3) is 0.190. The van der Waals surface area contributed by atoms with E-state index in [1.807, 2.05) is 6.07 Å². The SMILES string of the molecule is COc1cnc2[nH]cc(Cc3ccc(NCc4cnccc4C(F)(F)F)nc3F)c2c1. The van der Waals surface area contributed by atoms with Gasteiger partial charge in [0, 0.05) is 48.1 Å². The molecule has 0 saturated heterocycles. The number of H-pyrrole nitrogens is 1. The van der Waals surface area contributed by atoms with Gasteiger partial charge in [-0.3, -0.25) is 4.98 Å². The summed E-state index contributed by atoms with van der Waals surface area (Å²) in [4.78, 5) is 14.8. The van der Waals surface area contributed by atoms with Gasteiger partial charge in [-0.05, 0) is 23.8 Å². The Kier molecular flexibility index (Phi) is 5.45. The summed E-state index contributed by atoms with van der Waals surface area (Å²) in [5.41, 5.74) is 0.955. The van der Waals surface area contributed by atoms with Crippen molar-refractivity contribution in [2.75, 3.05) is 12.4 Å². The molecular weight excluding hydrogens is 414 g/mol. The fourth-order valence-corrected chi connectivity index (χ4v) is 3.23. The van der Waals surface area contributed by atoms with Crippen LogP contribution in [-0.4, -0.2) is 27.0 Å². The number of hydrogen-bond acceptors (Lipinski definition) is 5. The molecule has 31 heavy (non-hydrogen) atoms. The molecule has 0 saturated carbocycles. The Bertz CT molecular complexity index is 1220. The molecule has 4 rings (SSSR count). The maximum Gasteiger partial charge on any atom is 0.416 e. The van der Waals surface area contributed by atoms with Crippen LogP contribution in [0.15, 0.2) is 49.1 Å². The van der Waals surface area contributed by atoms with Gasteiger partial charge in [0.1, 0.15) is 17.2 Å². The molecule has 0 radical (unpaired) electrons. The summed E-state index contributed by atoms with van der Waals surface area (Å²) in [7, 11) is 1.54. The number of fused-ring (bicyclic) bond motifs is 1. The van der Waals surface area contributed by atoms with Crippen LogP contribution in [0, 0.1) is 5.95 Å². The van der Waals surface area contributed by atoms with Crippen molar-refractivity contribution < 1.29 is 22.3 Å². The maximum atomic E-state index is 14.6. The van der Waals surface area contributed by atoms with Crippen LogP contribution in [0.1, 0.15) is 22.3 Å². The van der Waals surface area contributed by atoms with E-state index in [0.717, 1.165) is 29.4 Å². The Hall–Kier alpha value is -3.69. The minimum atomic E-state index is -4.50. The molecule has 2 N–H and O–H groups in total. The van der Waals surface area contributed by atoms with Gasteiger partial charge in [-0.1, -0.05) is 6.07 Å². The summed E-state index contributed by atoms with van der Waals surface area (Å²) in [6.07, 6.45) is 1.28. The lowest BCUT2D eigenvalue weighted by Crippen LogP contribution is -2.13. The number of halogens is 4. The lowest BCUT2D eigenvalue weighted by molar-refractivity contribution is -0.138. The molecule has 0 atom stereocenters. The molecule has 0 bridgehead atoms. The third kappa shape index (κ3) is 4.42. The molecule has 0 unspecified atom stereocenters. The molecular formula is C21H17F4N5O. The topological polar surface area (TPSA) is 75.7 Å². The van der Waals surface area contributed by atoms with Crippen molar-refractivity contribution in [1.82, 2.24) is 19.9 Å². The summed E-state index contributed by atoms with van der Waals surface area (Å²) in [5.74, 6) is -0.00181. The normalized spacial score (nSPS) is 11.6. The largest absolute Gasteiger partial charge is 0.495 e. The quantitative estimate of drug-likeness (QED) is 0.341. The first kappa shape index (κ1) is 20.6. The van der Waals surface area contributed by atoms with E-state index in [1.54, 1.807) is 18.5 Å². The lowest BCUT2D eigenvalue weighted by Gasteiger charge is -2.13. The van der Waals surface area contributed by atoms with Crippen molar-refractivity contribution >= 4 is 16.9 Å². The number of rotatable bonds is 6. The van der Waals surface area contributed by atoms with Gasteiger partial charge in [0.25, 0.3) is 0 Å². The van der Waals surface area contributed by atoms with E-state index in [-0.39, 0.29) is 24.3 Å². The van der Waals surface area contributed by atoms with Crippen LogP contribution in [0.5, 0.6) is 5.75 Å². The number of alkyl halides is 3. The van der Waals surface area contributed by atoms with Gasteiger partial charge in [-0.2, -0.15) is 17.6 Å². The van der Waals surface area contributed by atoms with Crippen molar-refractivity contribution in [2.45, 2.75) is 19.1 Å². The highest BCUT2D eigenvalue weighted by atomic mass is 19.4. The molecule has 4 heterocycles. The predicted octanol–water partition coefficient (Wildman–Crippen LogP) is 4.72. The number of aromatic amines is 1. The maximum absolute atomic E-state index is 14.6. The van der Waals surface area contributed by atoms with Gasteiger partial charge in [0.15, 0.2) is 0 Å². The third-order valence-electron chi connectivity index (χ3n) is 4.80. The van der Waals surface area contributed by atoms with Crippen LogP contribution in [-0.2, 0) is 19.1 Å². The smallest absolute Gasteiger partial charge is 0.416 e. The lowest BCUT2D eigenvalue weighted by atomic mass is 10.1. The third-order valence-corrected chi connectivity index (χ3v) is 4.80. The van der Waals surface area contributed by atoms with Crippen molar-refractivity contribution in [1.29, 1.82) is 0 Å². The van der Waals surface area contributed by atoms with E-state index < -0.39 is 17.7 Å². The van der Waals surface area contributed by atoms with E-state index >= 15 is 0 Å². The van der Waals surface area contributed by atoms with Gasteiger partial charge in [-0.15, -0.1) is 0 Å². The van der Waals surface area contributed by atoms with Crippen molar-refractivity contribution in [3.05, 3.63) is 77.3 Å². The second-order valence-corrected chi connectivity index (χ2v) is 6.79. The van der Waals surface area contributed by atoms with Crippen molar-refractivity contribution in [3.63, 3.8) is 0 Å². The van der Waals surface area contributed by atoms with E-state index in [2.05, 4.69) is 25.3 Å². The fourth-order valence-electron chi connectivity index (χ4n) is 3.23. The molecule has 10 heteroatoms. The molecule has 160 valence electrons. The zero-order chi connectivity index (χ0) is 22.0. The van der Waals surface area contributed by atoms with Crippen molar-refractivity contribution in [2.24, 2.45) is 0 Å². The molecule has 0 aromatic carbocycles. The van der Waals surface area contributed by atoms with Crippen LogP contribution in [0.3, 0.4) is 0 Å². The highest BCUT2D eigenvalue weighted by Gasteiger charge is 2.33. The van der Waals surface area contributed by atoms with Crippen LogP contribution >= 0.6 is 0 Å². The minimum Gasteiger partial charge on any atom is -0.495 e. The van der Waals surface area contributed by atoms with Gasteiger partial charge in [0.2, 0.25) is 5.95 Å². The number of nitrogens with zero attached hydrogens (tertiary/aromatic N) is 3. The monoisotopic (exact) mass is 431 g/mol. The van der Waals surface area contributed by atoms with E-state index in [1.165, 1.54) is 13.2 Å². The van der Waals surface area contributed by atoms with Crippen LogP contribution in [0.2, 0.25) is 0 Å². The van der Waals surface area contributed by atoms with E-state index in [0.29, 0.717) is 17.0 Å². The standard InChI is InChI=1S/C21H17F4N5O/c1-31-15-7-16-13(9-28-20(16)29-11-15)6-12-2-3-18(30-19(12)22)27-10-14-8-26-5-4-17(14)21(23,24)25/h2-5,7-9,11H,6,10H2,1H3,(H,27,30)(H,28,29). The Labute approximate surface area is 174 Å². The number of anilines is 1. The zero-order valence-electron chi connectivity index (χ0n) is 16.3. The molecule has 0 fully saturated rings. The van der Waals surface area contributed by atoms with Gasteiger partial charge in [-0.25, -0.2) is 9.97 Å². The molecule has 0 amide bonds.